The van der Waals surface area contributed by atoms with E-state index in [9.17, 15) is 14.3 Å². The second-order valence-corrected chi connectivity index (χ2v) is 6.16. The van der Waals surface area contributed by atoms with Gasteiger partial charge in [-0.05, 0) is 36.5 Å². The van der Waals surface area contributed by atoms with Gasteiger partial charge in [0.25, 0.3) is 5.91 Å². The molecule has 3 rings (SSSR count). The molecular weight excluding hydrogens is 313 g/mol. The zero-order chi connectivity index (χ0) is 17.1. The third kappa shape index (κ3) is 3.79. The molecule has 0 radical (unpaired) electrons. The van der Waals surface area contributed by atoms with E-state index in [2.05, 4.69) is 10.1 Å². The Morgan fingerprint density at radius 2 is 2.21 bits per heavy atom. The molecule has 6 nitrogen and oxygen atoms in total. The van der Waals surface area contributed by atoms with Crippen LogP contribution in [0.4, 0.5) is 4.39 Å². The van der Waals surface area contributed by atoms with Crippen molar-refractivity contribution in [2.24, 2.45) is 5.92 Å². The highest BCUT2D eigenvalue weighted by atomic mass is 19.1. The Morgan fingerprint density at radius 3 is 2.83 bits per heavy atom. The number of halogens is 1. The molecule has 7 heteroatoms. The monoisotopic (exact) mass is 333 g/mol. The number of aliphatic hydroxyl groups excluding tert-OH is 1. The van der Waals surface area contributed by atoms with Gasteiger partial charge in [-0.1, -0.05) is 17.3 Å². The van der Waals surface area contributed by atoms with E-state index in [1.165, 1.54) is 18.2 Å². The Balaban J connectivity index is 1.55. The molecule has 0 aliphatic carbocycles. The van der Waals surface area contributed by atoms with Crippen LogP contribution >= 0.6 is 0 Å². The summed E-state index contributed by atoms with van der Waals surface area (Å²) in [5, 5.41) is 14.1. The molecule has 128 valence electrons. The van der Waals surface area contributed by atoms with E-state index in [1.54, 1.807) is 17.9 Å². The number of hydrogen-bond donors (Lipinski definition) is 1. The number of amides is 1. The van der Waals surface area contributed by atoms with E-state index in [0.29, 0.717) is 30.7 Å². The first-order valence-corrected chi connectivity index (χ1v) is 8.04. The molecule has 1 N–H and O–H groups in total. The Labute approximate surface area is 139 Å². The van der Waals surface area contributed by atoms with Gasteiger partial charge >= 0.3 is 0 Å². The molecule has 1 aromatic carbocycles. The zero-order valence-electron chi connectivity index (χ0n) is 13.5. The number of nitrogens with zero attached hydrogens (tertiary/aromatic N) is 3. The second kappa shape index (κ2) is 7.09. The molecule has 1 saturated heterocycles. The van der Waals surface area contributed by atoms with E-state index in [0.717, 1.165) is 19.3 Å². The SMILES string of the molecule is Cc1nc(CC2CCN(C(=O)[C@@H](O)c3cccc(F)c3)CC2)no1. The number of aromatic nitrogens is 2. The maximum absolute atomic E-state index is 13.2. The van der Waals surface area contributed by atoms with Crippen LogP contribution in [0.1, 0.15) is 36.2 Å². The zero-order valence-corrected chi connectivity index (χ0v) is 13.5. The normalized spacial score (nSPS) is 17.0. The number of rotatable bonds is 4. The van der Waals surface area contributed by atoms with Gasteiger partial charge in [0.15, 0.2) is 11.9 Å². The van der Waals surface area contributed by atoms with Crippen LogP contribution in [0.25, 0.3) is 0 Å². The number of piperidine rings is 1. The summed E-state index contributed by atoms with van der Waals surface area (Å²) in [6.07, 6.45) is 1.04. The molecule has 2 heterocycles. The van der Waals surface area contributed by atoms with Crippen molar-refractivity contribution < 1.29 is 18.8 Å². The Morgan fingerprint density at radius 1 is 1.46 bits per heavy atom. The van der Waals surface area contributed by atoms with Gasteiger partial charge in [0, 0.05) is 26.4 Å². The third-order valence-electron chi connectivity index (χ3n) is 4.37. The topological polar surface area (TPSA) is 79.5 Å². The minimum atomic E-state index is -1.32. The maximum atomic E-state index is 13.2. The molecule has 0 saturated carbocycles. The number of likely N-dealkylation sites (tertiary alicyclic amines) is 1. The molecule has 1 atom stereocenters. The number of carbonyl (C=O) groups is 1. The Hall–Kier alpha value is -2.28. The lowest BCUT2D eigenvalue weighted by Gasteiger charge is -2.32. The molecular formula is C17H20FN3O3. The first-order chi connectivity index (χ1) is 11.5. The van der Waals surface area contributed by atoms with Gasteiger partial charge in [0.2, 0.25) is 5.89 Å². The lowest BCUT2D eigenvalue weighted by molar-refractivity contribution is -0.142. The van der Waals surface area contributed by atoms with Crippen molar-refractivity contribution >= 4 is 5.91 Å². The molecule has 0 unspecified atom stereocenters. The first-order valence-electron chi connectivity index (χ1n) is 8.04. The first kappa shape index (κ1) is 16.6. The molecule has 1 aliphatic rings. The highest BCUT2D eigenvalue weighted by molar-refractivity contribution is 5.82. The van der Waals surface area contributed by atoms with Crippen LogP contribution in [-0.2, 0) is 11.2 Å². The minimum absolute atomic E-state index is 0.282. The maximum Gasteiger partial charge on any atom is 0.256 e. The molecule has 1 aliphatic heterocycles. The molecule has 1 aromatic heterocycles. The van der Waals surface area contributed by atoms with E-state index >= 15 is 0 Å². The molecule has 2 aromatic rings. The average molecular weight is 333 g/mol. The van der Waals surface area contributed by atoms with Crippen LogP contribution in [0.2, 0.25) is 0 Å². The van der Waals surface area contributed by atoms with E-state index < -0.39 is 11.9 Å². The van der Waals surface area contributed by atoms with Crippen LogP contribution in [0.3, 0.4) is 0 Å². The lowest BCUT2D eigenvalue weighted by atomic mass is 9.92. The average Bonchev–Trinajstić information content (AvgIpc) is 2.99. The molecule has 24 heavy (non-hydrogen) atoms. The summed E-state index contributed by atoms with van der Waals surface area (Å²) < 4.78 is 18.2. The minimum Gasteiger partial charge on any atom is -0.378 e. The standard InChI is InChI=1S/C17H20FN3O3/c1-11-19-15(20-24-11)9-12-5-7-21(8-6-12)17(23)16(22)13-3-2-4-14(18)10-13/h2-4,10,12,16,22H,5-9H2,1H3/t16-/m0/s1. The van der Waals surface area contributed by atoms with Crippen molar-refractivity contribution in [3.05, 3.63) is 47.4 Å². The van der Waals surface area contributed by atoms with Gasteiger partial charge in [-0.3, -0.25) is 4.79 Å². The smallest absolute Gasteiger partial charge is 0.256 e. The summed E-state index contributed by atoms with van der Waals surface area (Å²) in [6.45, 7) is 2.88. The number of benzene rings is 1. The fraction of sp³-hybridized carbons (Fsp3) is 0.471. The lowest BCUT2D eigenvalue weighted by Crippen LogP contribution is -2.41. The highest BCUT2D eigenvalue weighted by Crippen LogP contribution is 2.24. The largest absolute Gasteiger partial charge is 0.378 e. The van der Waals surface area contributed by atoms with Crippen LogP contribution in [0, 0.1) is 18.7 Å². The summed E-state index contributed by atoms with van der Waals surface area (Å²) >= 11 is 0. The van der Waals surface area contributed by atoms with Crippen LogP contribution in [0.5, 0.6) is 0 Å². The Kier molecular flexibility index (Phi) is 4.89. The van der Waals surface area contributed by atoms with E-state index in [-0.39, 0.29) is 11.5 Å². The fourth-order valence-electron chi connectivity index (χ4n) is 3.03. The molecule has 0 bridgehead atoms. The van der Waals surface area contributed by atoms with Crippen molar-refractivity contribution in [2.75, 3.05) is 13.1 Å². The van der Waals surface area contributed by atoms with E-state index in [1.807, 2.05) is 0 Å². The van der Waals surface area contributed by atoms with Gasteiger partial charge in [-0.25, -0.2) is 4.39 Å². The van der Waals surface area contributed by atoms with Gasteiger partial charge in [0.1, 0.15) is 5.82 Å². The molecule has 1 amide bonds. The predicted octanol–water partition coefficient (Wildman–Crippen LogP) is 2.03. The van der Waals surface area contributed by atoms with Crippen LogP contribution in [0.15, 0.2) is 28.8 Å². The van der Waals surface area contributed by atoms with Gasteiger partial charge in [0.05, 0.1) is 0 Å². The van der Waals surface area contributed by atoms with Crippen molar-refractivity contribution in [1.29, 1.82) is 0 Å². The van der Waals surface area contributed by atoms with Crippen LogP contribution < -0.4 is 0 Å². The number of aliphatic hydroxyl groups is 1. The van der Waals surface area contributed by atoms with Gasteiger partial charge in [-0.15, -0.1) is 0 Å². The summed E-state index contributed by atoms with van der Waals surface area (Å²) in [5.41, 5.74) is 0.282. The predicted molar refractivity (Wildman–Crippen MR) is 83.4 cm³/mol. The number of aryl methyl sites for hydroxylation is 1. The second-order valence-electron chi connectivity index (χ2n) is 6.16. The van der Waals surface area contributed by atoms with Crippen molar-refractivity contribution in [3.63, 3.8) is 0 Å². The van der Waals surface area contributed by atoms with Gasteiger partial charge in [-0.2, -0.15) is 4.98 Å². The van der Waals surface area contributed by atoms with Crippen molar-refractivity contribution in [2.45, 2.75) is 32.3 Å². The van der Waals surface area contributed by atoms with E-state index in [4.69, 9.17) is 4.52 Å². The third-order valence-corrected chi connectivity index (χ3v) is 4.37. The molecule has 1 fully saturated rings. The summed E-state index contributed by atoms with van der Waals surface area (Å²) in [6, 6.07) is 5.51. The summed E-state index contributed by atoms with van der Waals surface area (Å²) in [5.74, 6) is 0.785. The quantitative estimate of drug-likeness (QED) is 0.926. The van der Waals surface area contributed by atoms with Crippen LogP contribution in [-0.4, -0.2) is 39.1 Å². The fourth-order valence-corrected chi connectivity index (χ4v) is 3.03. The number of carbonyl (C=O) groups excluding carboxylic acids is 1. The highest BCUT2D eigenvalue weighted by Gasteiger charge is 2.28. The Bertz CT molecular complexity index is 711. The number of hydrogen-bond acceptors (Lipinski definition) is 5. The summed E-state index contributed by atoms with van der Waals surface area (Å²) in [7, 11) is 0. The van der Waals surface area contributed by atoms with Gasteiger partial charge < -0.3 is 14.5 Å². The summed E-state index contributed by atoms with van der Waals surface area (Å²) in [4.78, 5) is 18.2. The molecule has 0 spiro atoms. The van der Waals surface area contributed by atoms with Crippen molar-refractivity contribution in [3.8, 4) is 0 Å². The van der Waals surface area contributed by atoms with Crippen molar-refractivity contribution in [1.82, 2.24) is 15.0 Å².